The number of aromatic amines is 1. The first-order valence-electron chi connectivity index (χ1n) is 8.93. The highest BCUT2D eigenvalue weighted by Crippen LogP contribution is 2.32. The molecule has 4 rings (SSSR count). The van der Waals surface area contributed by atoms with Gasteiger partial charge in [0.15, 0.2) is 5.65 Å². The van der Waals surface area contributed by atoms with E-state index in [9.17, 15) is 4.79 Å². The highest BCUT2D eigenvalue weighted by atomic mass is 16.5. The Kier molecular flexibility index (Phi) is 4.66. The first-order chi connectivity index (χ1) is 13.6. The Balaban J connectivity index is 1.82. The number of nitrogen functional groups attached to an aromatic ring is 1. The molecule has 0 bridgehead atoms. The number of hydrogen-bond acceptors (Lipinski definition) is 6. The van der Waals surface area contributed by atoms with Crippen LogP contribution in [-0.2, 0) is 11.3 Å². The summed E-state index contributed by atoms with van der Waals surface area (Å²) in [6.45, 7) is 1.29. The van der Waals surface area contributed by atoms with E-state index >= 15 is 0 Å². The van der Waals surface area contributed by atoms with Gasteiger partial charge in [-0.2, -0.15) is 5.10 Å². The summed E-state index contributed by atoms with van der Waals surface area (Å²) in [6, 6.07) is 7.67. The third-order valence-corrected chi connectivity index (χ3v) is 4.64. The van der Waals surface area contributed by atoms with E-state index in [1.807, 2.05) is 28.9 Å². The molecule has 4 aromatic rings. The lowest BCUT2D eigenvalue weighted by atomic mass is 10.1. The van der Waals surface area contributed by atoms with Crippen LogP contribution in [0.15, 0.2) is 30.6 Å². The third kappa shape index (κ3) is 3.05. The van der Waals surface area contributed by atoms with Crippen LogP contribution in [0.4, 0.5) is 5.82 Å². The molecule has 0 spiro atoms. The van der Waals surface area contributed by atoms with Gasteiger partial charge < -0.3 is 20.8 Å². The van der Waals surface area contributed by atoms with Crippen LogP contribution < -0.4 is 11.1 Å². The maximum absolute atomic E-state index is 11.9. The Bertz CT molecular complexity index is 1160. The molecule has 144 valence electrons. The molecule has 9 nitrogen and oxygen atoms in total. The average molecular weight is 379 g/mol. The van der Waals surface area contributed by atoms with Gasteiger partial charge in [-0.1, -0.05) is 12.1 Å². The van der Waals surface area contributed by atoms with Crippen molar-refractivity contribution in [1.29, 1.82) is 0 Å². The molecule has 4 N–H and O–H groups in total. The van der Waals surface area contributed by atoms with Crippen LogP contribution >= 0.6 is 0 Å². The molecule has 0 radical (unpaired) electrons. The summed E-state index contributed by atoms with van der Waals surface area (Å²) in [5.74, 6) is 0.221. The van der Waals surface area contributed by atoms with Gasteiger partial charge in [0.05, 0.1) is 5.39 Å². The molecule has 28 heavy (non-hydrogen) atoms. The number of carbonyl (C=O) groups excluding carboxylic acids is 1. The smallest absolute Gasteiger partial charge is 0.267 e. The van der Waals surface area contributed by atoms with Crippen molar-refractivity contribution in [2.24, 2.45) is 0 Å². The molecule has 0 aliphatic heterocycles. The van der Waals surface area contributed by atoms with Crippen molar-refractivity contribution < 1.29 is 9.53 Å². The standard InChI is InChI=1S/C19H21N7O2/c1-21-19(27)14-8-11-4-5-12(9-13(11)24-14)16-15-17(20)22-10-23-18(15)26(25-16)6-3-7-28-2/h4-5,8-10,24H,3,6-7H2,1-2H3,(H,21,27)(H2,20,22,23). The fourth-order valence-electron chi connectivity index (χ4n) is 3.28. The van der Waals surface area contributed by atoms with Crippen LogP contribution in [0, 0.1) is 0 Å². The number of hydrogen-bond donors (Lipinski definition) is 3. The third-order valence-electron chi connectivity index (χ3n) is 4.64. The molecule has 3 heterocycles. The Morgan fingerprint density at radius 2 is 2.18 bits per heavy atom. The van der Waals surface area contributed by atoms with Crippen LogP contribution in [0.2, 0.25) is 0 Å². The second kappa shape index (κ2) is 7.28. The van der Waals surface area contributed by atoms with Crippen molar-refractivity contribution in [3.8, 4) is 11.3 Å². The molecule has 0 atom stereocenters. The fraction of sp³-hybridized carbons (Fsp3) is 0.263. The number of fused-ring (bicyclic) bond motifs is 2. The summed E-state index contributed by atoms with van der Waals surface area (Å²) in [5, 5.41) is 9.02. The first kappa shape index (κ1) is 17.9. The quantitative estimate of drug-likeness (QED) is 0.440. The van der Waals surface area contributed by atoms with E-state index in [-0.39, 0.29) is 5.91 Å². The Morgan fingerprint density at radius 3 is 2.96 bits per heavy atom. The van der Waals surface area contributed by atoms with Gasteiger partial charge >= 0.3 is 0 Å². The highest BCUT2D eigenvalue weighted by molar-refractivity contribution is 6.01. The van der Waals surface area contributed by atoms with E-state index in [1.54, 1.807) is 14.2 Å². The number of anilines is 1. The predicted octanol–water partition coefficient (Wildman–Crippen LogP) is 1.95. The number of benzene rings is 1. The number of nitrogens with one attached hydrogen (secondary N) is 2. The second-order valence-corrected chi connectivity index (χ2v) is 6.44. The largest absolute Gasteiger partial charge is 0.385 e. The van der Waals surface area contributed by atoms with Crippen LogP contribution in [0.5, 0.6) is 0 Å². The van der Waals surface area contributed by atoms with Gasteiger partial charge in [0.1, 0.15) is 23.5 Å². The van der Waals surface area contributed by atoms with E-state index < -0.39 is 0 Å². The summed E-state index contributed by atoms with van der Waals surface area (Å²) in [7, 11) is 3.27. The van der Waals surface area contributed by atoms with Crippen molar-refractivity contribution in [2.75, 3.05) is 26.5 Å². The maximum Gasteiger partial charge on any atom is 0.267 e. The number of methoxy groups -OCH3 is 1. The summed E-state index contributed by atoms with van der Waals surface area (Å²) in [5.41, 5.74) is 9.77. The fourth-order valence-corrected chi connectivity index (χ4v) is 3.28. The van der Waals surface area contributed by atoms with E-state index in [1.165, 1.54) is 6.33 Å². The summed E-state index contributed by atoms with van der Waals surface area (Å²) < 4.78 is 6.96. The van der Waals surface area contributed by atoms with E-state index in [4.69, 9.17) is 15.6 Å². The topological polar surface area (TPSA) is 124 Å². The normalized spacial score (nSPS) is 11.4. The molecule has 0 saturated heterocycles. The molecule has 1 amide bonds. The van der Waals surface area contributed by atoms with E-state index in [0.717, 1.165) is 28.3 Å². The molecule has 0 aliphatic rings. The minimum atomic E-state index is -0.164. The van der Waals surface area contributed by atoms with Gasteiger partial charge in [-0.15, -0.1) is 0 Å². The molecule has 0 aliphatic carbocycles. The summed E-state index contributed by atoms with van der Waals surface area (Å²) >= 11 is 0. The number of carbonyl (C=O) groups is 1. The maximum atomic E-state index is 11.9. The van der Waals surface area contributed by atoms with Crippen LogP contribution in [-0.4, -0.2) is 51.4 Å². The Morgan fingerprint density at radius 1 is 1.32 bits per heavy atom. The zero-order valence-corrected chi connectivity index (χ0v) is 15.7. The molecular weight excluding hydrogens is 358 g/mol. The number of aryl methyl sites for hydroxylation is 1. The van der Waals surface area contributed by atoms with Gasteiger partial charge in [-0.3, -0.25) is 4.79 Å². The number of aromatic nitrogens is 5. The van der Waals surface area contributed by atoms with E-state index in [2.05, 4.69) is 20.3 Å². The number of nitrogens with zero attached hydrogens (tertiary/aromatic N) is 4. The zero-order valence-electron chi connectivity index (χ0n) is 15.7. The predicted molar refractivity (Wildman–Crippen MR) is 107 cm³/mol. The minimum Gasteiger partial charge on any atom is -0.385 e. The molecule has 3 aromatic heterocycles. The van der Waals surface area contributed by atoms with Crippen molar-refractivity contribution in [1.82, 2.24) is 30.0 Å². The van der Waals surface area contributed by atoms with Gasteiger partial charge in [0.2, 0.25) is 0 Å². The van der Waals surface area contributed by atoms with Gasteiger partial charge in [0.25, 0.3) is 5.91 Å². The van der Waals surface area contributed by atoms with Gasteiger partial charge in [-0.05, 0) is 18.6 Å². The summed E-state index contributed by atoms with van der Waals surface area (Å²) in [4.78, 5) is 23.5. The molecule has 0 saturated carbocycles. The van der Waals surface area contributed by atoms with Crippen molar-refractivity contribution in [3.05, 3.63) is 36.3 Å². The van der Waals surface area contributed by atoms with Crippen LogP contribution in [0.25, 0.3) is 33.2 Å². The molecule has 0 unspecified atom stereocenters. The van der Waals surface area contributed by atoms with E-state index in [0.29, 0.717) is 36.0 Å². The lowest BCUT2D eigenvalue weighted by Crippen LogP contribution is -2.17. The monoisotopic (exact) mass is 379 g/mol. The zero-order chi connectivity index (χ0) is 19.7. The Labute approximate surface area is 160 Å². The highest BCUT2D eigenvalue weighted by Gasteiger charge is 2.18. The minimum absolute atomic E-state index is 0.164. The first-order valence-corrected chi connectivity index (χ1v) is 8.93. The van der Waals surface area contributed by atoms with Gasteiger partial charge in [0, 0.05) is 43.8 Å². The summed E-state index contributed by atoms with van der Waals surface area (Å²) in [6.07, 6.45) is 2.25. The average Bonchev–Trinajstić information content (AvgIpc) is 3.29. The van der Waals surface area contributed by atoms with Crippen molar-refractivity contribution in [3.63, 3.8) is 0 Å². The van der Waals surface area contributed by atoms with Gasteiger partial charge in [-0.25, -0.2) is 14.6 Å². The molecule has 0 fully saturated rings. The number of amides is 1. The number of H-pyrrole nitrogens is 1. The number of rotatable bonds is 6. The molecule has 1 aromatic carbocycles. The van der Waals surface area contributed by atoms with Crippen LogP contribution in [0.1, 0.15) is 16.9 Å². The SMILES string of the molecule is CNC(=O)c1cc2ccc(-c3nn(CCCOC)c4ncnc(N)c34)cc2[nH]1. The van der Waals surface area contributed by atoms with Crippen LogP contribution in [0.3, 0.4) is 0 Å². The van der Waals surface area contributed by atoms with Crippen molar-refractivity contribution >= 4 is 33.7 Å². The lowest BCUT2D eigenvalue weighted by molar-refractivity contribution is 0.0959. The lowest BCUT2D eigenvalue weighted by Gasteiger charge is -2.01. The number of ether oxygens (including phenoxy) is 1. The second-order valence-electron chi connectivity index (χ2n) is 6.44. The Hall–Kier alpha value is -3.46. The molecular formula is C19H21N7O2. The van der Waals surface area contributed by atoms with Crippen molar-refractivity contribution in [2.45, 2.75) is 13.0 Å². The number of nitrogens with two attached hydrogens (primary N) is 1. The molecule has 9 heteroatoms.